The van der Waals surface area contributed by atoms with Gasteiger partial charge in [0.15, 0.2) is 0 Å². The van der Waals surface area contributed by atoms with Crippen LogP contribution in [0.3, 0.4) is 0 Å². The van der Waals surface area contributed by atoms with Gasteiger partial charge in [-0.25, -0.2) is 0 Å². The van der Waals surface area contributed by atoms with E-state index < -0.39 is 0 Å². The van der Waals surface area contributed by atoms with E-state index in [9.17, 15) is 0 Å². The first-order chi connectivity index (χ1) is 4.63. The van der Waals surface area contributed by atoms with Gasteiger partial charge < -0.3 is 0 Å². The molecule has 0 aromatic rings. The van der Waals surface area contributed by atoms with Crippen LogP contribution in [-0.4, -0.2) is 26.3 Å². The van der Waals surface area contributed by atoms with Gasteiger partial charge in [0.2, 0.25) is 0 Å². The normalized spacial score (nSPS) is 11.4. The Kier molecular flexibility index (Phi) is 7.43. The van der Waals surface area contributed by atoms with Gasteiger partial charge in [0.25, 0.3) is 0 Å². The van der Waals surface area contributed by atoms with Crippen LogP contribution < -0.4 is 0 Å². The molecule has 0 spiro atoms. The van der Waals surface area contributed by atoms with E-state index in [1.807, 2.05) is 0 Å². The van der Waals surface area contributed by atoms with Crippen molar-refractivity contribution in [2.24, 2.45) is 11.8 Å². The second-order valence-electron chi connectivity index (χ2n) is 3.36. The van der Waals surface area contributed by atoms with E-state index in [1.54, 1.807) is 0 Å². The van der Waals surface area contributed by atoms with Gasteiger partial charge in [-0.1, -0.05) is 0 Å². The molecule has 0 nitrogen and oxygen atoms in total. The van der Waals surface area contributed by atoms with Crippen molar-refractivity contribution in [1.29, 1.82) is 0 Å². The Hall–Kier alpha value is 1.04. The molecule has 0 aliphatic carbocycles. The second-order valence-corrected chi connectivity index (χ2v) is 10.9. The molecule has 2 heteroatoms. The fourth-order valence-corrected chi connectivity index (χ4v) is 9.95. The molecule has 0 heterocycles. The van der Waals surface area contributed by atoms with Crippen molar-refractivity contribution in [2.75, 3.05) is 0 Å². The summed E-state index contributed by atoms with van der Waals surface area (Å²) < 4.78 is 0. The first kappa shape index (κ1) is 11.0. The van der Waals surface area contributed by atoms with Crippen molar-refractivity contribution >= 4 is 26.3 Å². The quantitative estimate of drug-likeness (QED) is 0.532. The molecule has 0 fully saturated rings. The van der Waals surface area contributed by atoms with Gasteiger partial charge in [0.1, 0.15) is 0 Å². The Labute approximate surface area is 76.4 Å². The number of rotatable bonds is 5. The molecular weight excluding hydrogens is 254 g/mol. The summed E-state index contributed by atoms with van der Waals surface area (Å²) in [4.78, 5) is 0. The monoisotopic (exact) mass is 274 g/mol. The molecule has 0 rings (SSSR count). The zero-order chi connectivity index (χ0) is 7.98. The van der Waals surface area contributed by atoms with Gasteiger partial charge in [0, 0.05) is 0 Å². The van der Waals surface area contributed by atoms with E-state index in [-0.39, 0.29) is 0 Å². The molecule has 0 saturated heterocycles. The third-order valence-electron chi connectivity index (χ3n) is 0.886. The molecule has 0 aliphatic heterocycles. The Morgan fingerprint density at radius 1 is 0.800 bits per heavy atom. The first-order valence-corrected chi connectivity index (χ1v) is 10.6. The van der Waals surface area contributed by atoms with Crippen molar-refractivity contribution in [2.45, 2.75) is 38.3 Å². The second kappa shape index (κ2) is 6.73. The maximum absolute atomic E-state index is 2.33. The third-order valence-corrected chi connectivity index (χ3v) is 9.39. The Morgan fingerprint density at radius 2 is 1.10 bits per heavy atom. The summed E-state index contributed by atoms with van der Waals surface area (Å²) in [5.41, 5.74) is 0. The van der Waals surface area contributed by atoms with Crippen LogP contribution >= 0.6 is 0 Å². The SMILES string of the molecule is CC(C)C[Se][Se]CC(C)C. The minimum atomic E-state index is 0.939. The summed E-state index contributed by atoms with van der Waals surface area (Å²) in [5, 5.41) is 3.00. The molecule has 0 unspecified atom stereocenters. The van der Waals surface area contributed by atoms with Crippen LogP contribution in [0.2, 0.25) is 10.6 Å². The number of hydrogen-bond acceptors (Lipinski definition) is 0. The van der Waals surface area contributed by atoms with Crippen molar-refractivity contribution in [3.05, 3.63) is 0 Å². The zero-order valence-corrected chi connectivity index (χ0v) is 10.8. The maximum atomic E-state index is 2.33. The van der Waals surface area contributed by atoms with E-state index >= 15 is 0 Å². The van der Waals surface area contributed by atoms with Crippen LogP contribution in [0.1, 0.15) is 27.7 Å². The average molecular weight is 272 g/mol. The molecule has 0 amide bonds. The molecular formula is C8H18Se2. The van der Waals surface area contributed by atoms with Crippen LogP contribution in [0.4, 0.5) is 0 Å². The molecule has 0 aromatic heterocycles. The van der Waals surface area contributed by atoms with Gasteiger partial charge in [-0.3, -0.25) is 0 Å². The van der Waals surface area contributed by atoms with Crippen LogP contribution in [-0.2, 0) is 0 Å². The molecule has 0 radical (unpaired) electrons. The topological polar surface area (TPSA) is 0 Å². The van der Waals surface area contributed by atoms with Crippen LogP contribution in [0, 0.1) is 11.8 Å². The Balaban J connectivity index is 2.91. The van der Waals surface area contributed by atoms with Gasteiger partial charge in [-0.2, -0.15) is 0 Å². The molecule has 10 heavy (non-hydrogen) atoms. The predicted octanol–water partition coefficient (Wildman–Crippen LogP) is 2.46. The van der Waals surface area contributed by atoms with Crippen molar-refractivity contribution in [1.82, 2.24) is 0 Å². The van der Waals surface area contributed by atoms with Crippen molar-refractivity contribution in [3.8, 4) is 0 Å². The van der Waals surface area contributed by atoms with Crippen LogP contribution in [0.5, 0.6) is 0 Å². The van der Waals surface area contributed by atoms with Crippen molar-refractivity contribution in [3.63, 3.8) is 0 Å². The van der Waals surface area contributed by atoms with Crippen molar-refractivity contribution < 1.29 is 0 Å². The summed E-state index contributed by atoms with van der Waals surface area (Å²) in [5.74, 6) is 1.88. The fourth-order valence-electron chi connectivity index (χ4n) is 0.368. The summed E-state index contributed by atoms with van der Waals surface area (Å²) >= 11 is 1.98. The standard InChI is InChI=1S/C8H18Se2/c1-7(2)5-9-10-6-8(3)4/h7-8H,5-6H2,1-4H3. The van der Waals surface area contributed by atoms with E-state index in [2.05, 4.69) is 27.7 Å². The summed E-state index contributed by atoms with van der Waals surface area (Å²) in [6.45, 7) is 9.31. The molecule has 0 bridgehead atoms. The van der Waals surface area contributed by atoms with E-state index in [4.69, 9.17) is 0 Å². The molecule has 0 aromatic carbocycles. The Morgan fingerprint density at radius 3 is 1.30 bits per heavy atom. The Bertz CT molecular complexity index is 59.7. The number of hydrogen-bond donors (Lipinski definition) is 0. The first-order valence-electron chi connectivity index (χ1n) is 3.87. The third kappa shape index (κ3) is 9.04. The van der Waals surface area contributed by atoms with Gasteiger partial charge >= 0.3 is 76.4 Å². The molecule has 62 valence electrons. The molecule has 0 aliphatic rings. The van der Waals surface area contributed by atoms with E-state index in [0.717, 1.165) is 38.1 Å². The van der Waals surface area contributed by atoms with Crippen LogP contribution in [0.25, 0.3) is 0 Å². The summed E-state index contributed by atoms with van der Waals surface area (Å²) in [7, 11) is 0. The summed E-state index contributed by atoms with van der Waals surface area (Å²) in [6, 6.07) is 0. The van der Waals surface area contributed by atoms with Gasteiger partial charge in [0.05, 0.1) is 0 Å². The zero-order valence-electron chi connectivity index (χ0n) is 7.39. The van der Waals surface area contributed by atoms with E-state index in [1.165, 1.54) is 10.6 Å². The van der Waals surface area contributed by atoms with Crippen LogP contribution in [0.15, 0.2) is 0 Å². The molecule has 0 atom stereocenters. The molecule has 0 saturated carbocycles. The average Bonchev–Trinajstić information content (AvgIpc) is 1.79. The van der Waals surface area contributed by atoms with Gasteiger partial charge in [-0.15, -0.1) is 0 Å². The fraction of sp³-hybridized carbons (Fsp3) is 1.00. The molecule has 0 N–H and O–H groups in total. The predicted molar refractivity (Wildman–Crippen MR) is 50.8 cm³/mol. The van der Waals surface area contributed by atoms with Gasteiger partial charge in [-0.05, 0) is 0 Å². The summed E-state index contributed by atoms with van der Waals surface area (Å²) in [6.07, 6.45) is 0. The van der Waals surface area contributed by atoms with E-state index in [0.29, 0.717) is 0 Å². The minimum absolute atomic E-state index is 0.939.